The first-order valence-corrected chi connectivity index (χ1v) is 5.62. The van der Waals surface area contributed by atoms with Gasteiger partial charge in [0.05, 0.1) is 12.6 Å². The quantitative estimate of drug-likeness (QED) is 0.790. The van der Waals surface area contributed by atoms with E-state index in [9.17, 15) is 8.78 Å². The lowest BCUT2D eigenvalue weighted by atomic mass is 10.1. The minimum absolute atomic E-state index is 0.0719. The molecule has 94 valence electrons. The molecule has 2 nitrogen and oxygen atoms in total. The number of hydrogen-bond acceptors (Lipinski definition) is 2. The molecule has 1 N–H and O–H groups in total. The molecule has 17 heavy (non-hydrogen) atoms. The highest BCUT2D eigenvalue weighted by Gasteiger charge is 2.07. The van der Waals surface area contributed by atoms with Gasteiger partial charge in [-0.3, -0.25) is 4.99 Å². The van der Waals surface area contributed by atoms with Gasteiger partial charge in [-0.15, -0.1) is 0 Å². The number of aliphatic hydroxyl groups excluding tert-OH is 1. The fourth-order valence-corrected chi connectivity index (χ4v) is 1.52. The first-order valence-electron chi connectivity index (χ1n) is 5.62. The molecule has 1 aromatic carbocycles. The number of halogens is 2. The molecule has 0 aromatic heterocycles. The molecule has 1 aromatic rings. The Morgan fingerprint density at radius 2 is 2.06 bits per heavy atom. The molecule has 0 fully saturated rings. The Morgan fingerprint density at radius 3 is 2.59 bits per heavy atom. The lowest BCUT2D eigenvalue weighted by Gasteiger charge is -2.11. The molecular formula is C13H17F2NO. The average Bonchev–Trinajstić information content (AvgIpc) is 2.25. The van der Waals surface area contributed by atoms with Crippen LogP contribution in [0, 0.1) is 17.6 Å². The van der Waals surface area contributed by atoms with Gasteiger partial charge in [-0.05, 0) is 24.5 Å². The largest absolute Gasteiger partial charge is 0.394 e. The molecule has 1 rings (SSSR count). The van der Waals surface area contributed by atoms with E-state index in [1.807, 2.05) is 13.8 Å². The van der Waals surface area contributed by atoms with Crippen molar-refractivity contribution in [3.8, 4) is 0 Å². The first-order chi connectivity index (χ1) is 8.02. The Morgan fingerprint density at radius 1 is 1.35 bits per heavy atom. The van der Waals surface area contributed by atoms with Crippen molar-refractivity contribution in [3.05, 3.63) is 35.4 Å². The lowest BCUT2D eigenvalue weighted by molar-refractivity contribution is 0.251. The van der Waals surface area contributed by atoms with Gasteiger partial charge in [-0.1, -0.05) is 13.8 Å². The zero-order valence-corrected chi connectivity index (χ0v) is 10.0. The molecule has 0 aliphatic carbocycles. The maximum atomic E-state index is 13.3. The fraction of sp³-hybridized carbons (Fsp3) is 0.462. The van der Waals surface area contributed by atoms with Crippen LogP contribution in [-0.4, -0.2) is 24.0 Å². The van der Waals surface area contributed by atoms with Crippen LogP contribution in [0.15, 0.2) is 23.2 Å². The van der Waals surface area contributed by atoms with Gasteiger partial charge < -0.3 is 5.11 Å². The molecule has 4 heteroatoms. The Bertz CT molecular complexity index is 391. The normalized spacial score (nSPS) is 13.5. The first kappa shape index (κ1) is 13.8. The number of aliphatic imine (C=N–C) groups is 1. The summed E-state index contributed by atoms with van der Waals surface area (Å²) in [5.74, 6) is -0.849. The average molecular weight is 241 g/mol. The summed E-state index contributed by atoms with van der Waals surface area (Å²) in [6.45, 7) is 3.98. The van der Waals surface area contributed by atoms with E-state index in [2.05, 4.69) is 4.99 Å². The molecular weight excluding hydrogens is 224 g/mol. The summed E-state index contributed by atoms with van der Waals surface area (Å²) in [6, 6.07) is 3.09. The topological polar surface area (TPSA) is 32.6 Å². The summed E-state index contributed by atoms with van der Waals surface area (Å²) in [5, 5.41) is 9.10. The molecule has 0 radical (unpaired) electrons. The molecule has 0 heterocycles. The van der Waals surface area contributed by atoms with Gasteiger partial charge in [0.15, 0.2) is 0 Å². The van der Waals surface area contributed by atoms with Gasteiger partial charge in [0.25, 0.3) is 0 Å². The number of rotatable bonds is 5. The van der Waals surface area contributed by atoms with E-state index >= 15 is 0 Å². The second-order valence-corrected chi connectivity index (χ2v) is 4.41. The van der Waals surface area contributed by atoms with E-state index in [-0.39, 0.29) is 18.2 Å². The van der Waals surface area contributed by atoms with Crippen molar-refractivity contribution in [2.75, 3.05) is 6.61 Å². The van der Waals surface area contributed by atoms with Crippen molar-refractivity contribution < 1.29 is 13.9 Å². The monoisotopic (exact) mass is 241 g/mol. The van der Waals surface area contributed by atoms with E-state index in [1.54, 1.807) is 0 Å². The van der Waals surface area contributed by atoms with Crippen molar-refractivity contribution >= 4 is 6.21 Å². The van der Waals surface area contributed by atoms with Gasteiger partial charge in [0.1, 0.15) is 11.6 Å². The summed E-state index contributed by atoms with van der Waals surface area (Å²) in [4.78, 5) is 4.11. The van der Waals surface area contributed by atoms with Gasteiger partial charge >= 0.3 is 0 Å². The maximum Gasteiger partial charge on any atom is 0.134 e. The van der Waals surface area contributed by atoms with Gasteiger partial charge in [-0.2, -0.15) is 0 Å². The fourth-order valence-electron chi connectivity index (χ4n) is 1.52. The smallest absolute Gasteiger partial charge is 0.134 e. The second-order valence-electron chi connectivity index (χ2n) is 4.41. The van der Waals surface area contributed by atoms with Crippen LogP contribution >= 0.6 is 0 Å². The summed E-state index contributed by atoms with van der Waals surface area (Å²) in [7, 11) is 0. The highest BCUT2D eigenvalue weighted by Crippen LogP contribution is 2.10. The third-order valence-corrected chi connectivity index (χ3v) is 2.34. The predicted molar refractivity (Wildman–Crippen MR) is 64.3 cm³/mol. The van der Waals surface area contributed by atoms with E-state index in [0.717, 1.165) is 12.5 Å². The van der Waals surface area contributed by atoms with E-state index in [0.29, 0.717) is 5.92 Å². The van der Waals surface area contributed by atoms with Crippen LogP contribution in [0.25, 0.3) is 0 Å². The number of benzene rings is 1. The summed E-state index contributed by atoms with van der Waals surface area (Å²) >= 11 is 0. The van der Waals surface area contributed by atoms with Crippen molar-refractivity contribution in [1.82, 2.24) is 0 Å². The molecule has 0 bridgehead atoms. The van der Waals surface area contributed by atoms with E-state index in [4.69, 9.17) is 5.11 Å². The van der Waals surface area contributed by atoms with E-state index in [1.165, 1.54) is 18.3 Å². The van der Waals surface area contributed by atoms with Crippen molar-refractivity contribution in [3.63, 3.8) is 0 Å². The van der Waals surface area contributed by atoms with Gasteiger partial charge in [-0.25, -0.2) is 8.78 Å². The highest BCUT2D eigenvalue weighted by molar-refractivity contribution is 5.80. The van der Waals surface area contributed by atoms with Crippen LogP contribution in [0.1, 0.15) is 25.8 Å². The van der Waals surface area contributed by atoms with E-state index < -0.39 is 11.6 Å². The summed E-state index contributed by atoms with van der Waals surface area (Å²) in [6.07, 6.45) is 2.08. The van der Waals surface area contributed by atoms with Crippen LogP contribution in [-0.2, 0) is 0 Å². The highest BCUT2D eigenvalue weighted by atomic mass is 19.1. The lowest BCUT2D eigenvalue weighted by Crippen LogP contribution is -2.13. The molecule has 0 saturated heterocycles. The van der Waals surface area contributed by atoms with Gasteiger partial charge in [0.2, 0.25) is 0 Å². The standard InChI is InChI=1S/C13H17F2NO/c1-9(2)5-12(8-17)16-7-10-3-4-11(14)6-13(10)15/h3-4,6-7,9,12,17H,5,8H2,1-2H3. The molecule has 0 spiro atoms. The van der Waals surface area contributed by atoms with Crippen molar-refractivity contribution in [2.24, 2.45) is 10.9 Å². The third-order valence-electron chi connectivity index (χ3n) is 2.34. The minimum atomic E-state index is -0.644. The Kier molecular flexibility index (Phi) is 5.22. The molecule has 0 amide bonds. The third kappa shape index (κ3) is 4.61. The number of hydrogen-bond donors (Lipinski definition) is 1. The molecule has 0 aliphatic rings. The summed E-state index contributed by atoms with van der Waals surface area (Å²) in [5.41, 5.74) is 0.230. The van der Waals surface area contributed by atoms with Crippen LogP contribution < -0.4 is 0 Å². The molecule has 1 atom stereocenters. The van der Waals surface area contributed by atoms with Gasteiger partial charge in [0, 0.05) is 17.8 Å². The molecule has 1 unspecified atom stereocenters. The Balaban J connectivity index is 2.74. The minimum Gasteiger partial charge on any atom is -0.394 e. The zero-order valence-electron chi connectivity index (χ0n) is 10.0. The summed E-state index contributed by atoms with van der Waals surface area (Å²) < 4.78 is 25.9. The predicted octanol–water partition coefficient (Wildman–Crippen LogP) is 2.79. The Labute approximate surface area is 100 Å². The number of nitrogens with zero attached hydrogens (tertiary/aromatic N) is 1. The van der Waals surface area contributed by atoms with Crippen LogP contribution in [0.2, 0.25) is 0 Å². The SMILES string of the molecule is CC(C)CC(CO)N=Cc1ccc(F)cc1F. The van der Waals surface area contributed by atoms with Crippen molar-refractivity contribution in [1.29, 1.82) is 0 Å². The zero-order chi connectivity index (χ0) is 12.8. The van der Waals surface area contributed by atoms with Crippen molar-refractivity contribution in [2.45, 2.75) is 26.3 Å². The second kappa shape index (κ2) is 6.45. The molecule has 0 aliphatic heterocycles. The number of aliphatic hydroxyl groups is 1. The van der Waals surface area contributed by atoms with Crippen LogP contribution in [0.4, 0.5) is 8.78 Å². The van der Waals surface area contributed by atoms with Crippen LogP contribution in [0.5, 0.6) is 0 Å². The Hall–Kier alpha value is -1.29. The van der Waals surface area contributed by atoms with Crippen LogP contribution in [0.3, 0.4) is 0 Å². The maximum absolute atomic E-state index is 13.3. The molecule has 0 saturated carbocycles.